The lowest BCUT2D eigenvalue weighted by molar-refractivity contribution is -0.118. The summed E-state index contributed by atoms with van der Waals surface area (Å²) in [5.41, 5.74) is 3.08. The first-order valence-electron chi connectivity index (χ1n) is 10.5. The second-order valence-electron chi connectivity index (χ2n) is 7.94. The molecule has 0 fully saturated rings. The van der Waals surface area contributed by atoms with Gasteiger partial charge in [-0.3, -0.25) is 9.59 Å². The first kappa shape index (κ1) is 22.6. The zero-order valence-corrected chi connectivity index (χ0v) is 18.9. The molecule has 170 valence electrons. The molecule has 1 atom stereocenters. The van der Waals surface area contributed by atoms with Crippen LogP contribution in [0, 0.1) is 6.92 Å². The molecule has 0 spiro atoms. The van der Waals surface area contributed by atoms with Crippen molar-refractivity contribution < 1.29 is 18.0 Å². The molecular weight excluding hydrogens is 440 g/mol. The summed E-state index contributed by atoms with van der Waals surface area (Å²) >= 11 is 0. The monoisotopic (exact) mass is 464 g/mol. The van der Waals surface area contributed by atoms with Crippen LogP contribution in [0.3, 0.4) is 0 Å². The van der Waals surface area contributed by atoms with Gasteiger partial charge in [0.2, 0.25) is 21.8 Å². The molecule has 4 rings (SSSR count). The fourth-order valence-corrected chi connectivity index (χ4v) is 4.88. The Morgan fingerprint density at radius 2 is 1.88 bits per heavy atom. The predicted molar refractivity (Wildman–Crippen MR) is 125 cm³/mol. The molecule has 0 bridgehead atoms. The Bertz CT molecular complexity index is 1290. The molecule has 1 aliphatic rings. The number of carbonyl (C=O) groups is 2. The van der Waals surface area contributed by atoms with Gasteiger partial charge in [0.25, 0.3) is 0 Å². The Kier molecular flexibility index (Phi) is 6.52. The van der Waals surface area contributed by atoms with Gasteiger partial charge in [0.05, 0.1) is 4.90 Å². The summed E-state index contributed by atoms with van der Waals surface area (Å²) in [7, 11) is -4.02. The average molecular weight is 465 g/mol. The smallest absolute Gasteiger partial charge is 0.244 e. The van der Waals surface area contributed by atoms with E-state index in [9.17, 15) is 18.0 Å². The second-order valence-corrected chi connectivity index (χ2v) is 9.65. The largest absolute Gasteiger partial charge is 0.326 e. The fraction of sp³-hybridized carbons (Fsp3) is 0.208. The Hall–Kier alpha value is -3.56. The molecule has 2 amide bonds. The normalized spacial score (nSPS) is 14.2. The number of hydrogen-bond acceptors (Lipinski definition) is 5. The molecule has 0 radical (unpaired) electrons. The molecule has 9 heteroatoms. The number of nitrogens with zero attached hydrogens (tertiary/aromatic N) is 1. The van der Waals surface area contributed by atoms with E-state index in [0.717, 1.165) is 16.7 Å². The van der Waals surface area contributed by atoms with Crippen molar-refractivity contribution in [2.24, 2.45) is 0 Å². The topological polar surface area (TPSA) is 117 Å². The van der Waals surface area contributed by atoms with Gasteiger partial charge in [-0.1, -0.05) is 30.3 Å². The number of benzene rings is 2. The van der Waals surface area contributed by atoms with E-state index >= 15 is 0 Å². The molecular formula is C24H24N4O4S. The Morgan fingerprint density at radius 3 is 2.64 bits per heavy atom. The van der Waals surface area contributed by atoms with E-state index in [1.165, 1.54) is 12.1 Å². The number of aryl methyl sites for hydroxylation is 2. The Balaban J connectivity index is 1.59. The summed E-state index contributed by atoms with van der Waals surface area (Å²) in [5, 5.41) is 5.44. The van der Waals surface area contributed by atoms with Crippen molar-refractivity contribution in [3.63, 3.8) is 0 Å². The third kappa shape index (κ3) is 5.63. The summed E-state index contributed by atoms with van der Waals surface area (Å²) in [6, 6.07) is 16.2. The van der Waals surface area contributed by atoms with Gasteiger partial charge in [0, 0.05) is 18.3 Å². The van der Waals surface area contributed by atoms with Crippen molar-refractivity contribution in [1.29, 1.82) is 0 Å². The lowest BCUT2D eigenvalue weighted by Crippen LogP contribution is -2.45. The van der Waals surface area contributed by atoms with Crippen molar-refractivity contribution in [2.45, 2.75) is 37.1 Å². The zero-order chi connectivity index (χ0) is 23.4. The lowest BCUT2D eigenvalue weighted by Gasteiger charge is -2.20. The minimum Gasteiger partial charge on any atom is -0.326 e. The zero-order valence-electron chi connectivity index (χ0n) is 18.0. The fourth-order valence-electron chi connectivity index (χ4n) is 3.64. The van der Waals surface area contributed by atoms with Crippen molar-refractivity contribution >= 4 is 33.3 Å². The van der Waals surface area contributed by atoms with Crippen molar-refractivity contribution in [1.82, 2.24) is 9.71 Å². The number of aromatic nitrogens is 1. The molecule has 8 nitrogen and oxygen atoms in total. The van der Waals surface area contributed by atoms with E-state index in [0.29, 0.717) is 24.3 Å². The van der Waals surface area contributed by atoms with Gasteiger partial charge in [-0.15, -0.1) is 0 Å². The van der Waals surface area contributed by atoms with Gasteiger partial charge in [-0.05, 0) is 66.8 Å². The summed E-state index contributed by atoms with van der Waals surface area (Å²) in [5.74, 6) is -0.256. The van der Waals surface area contributed by atoms with Gasteiger partial charge in [-0.2, -0.15) is 4.72 Å². The van der Waals surface area contributed by atoms with Crippen LogP contribution < -0.4 is 15.4 Å². The number of hydrogen-bond donors (Lipinski definition) is 3. The van der Waals surface area contributed by atoms with Crippen LogP contribution in [0.4, 0.5) is 11.5 Å². The number of fused-ring (bicyclic) bond motifs is 1. The van der Waals surface area contributed by atoms with Gasteiger partial charge >= 0.3 is 0 Å². The molecule has 33 heavy (non-hydrogen) atoms. The summed E-state index contributed by atoms with van der Waals surface area (Å²) in [4.78, 5) is 28.8. The van der Waals surface area contributed by atoms with Crippen LogP contribution in [0.15, 0.2) is 71.8 Å². The van der Waals surface area contributed by atoms with Crippen LogP contribution in [0.1, 0.15) is 23.1 Å². The maximum atomic E-state index is 13.2. The maximum absolute atomic E-state index is 13.2. The van der Waals surface area contributed by atoms with Gasteiger partial charge < -0.3 is 10.6 Å². The molecule has 3 aromatic rings. The Labute approximate surface area is 192 Å². The van der Waals surface area contributed by atoms with Crippen LogP contribution in [0.5, 0.6) is 0 Å². The molecule has 3 N–H and O–H groups in total. The summed E-state index contributed by atoms with van der Waals surface area (Å²) in [6.45, 7) is 1.88. The van der Waals surface area contributed by atoms with Crippen LogP contribution in [-0.4, -0.2) is 31.3 Å². The van der Waals surface area contributed by atoms with Gasteiger partial charge in [0.15, 0.2) is 0 Å². The van der Waals surface area contributed by atoms with Crippen LogP contribution >= 0.6 is 0 Å². The standard InChI is InChI=1S/C24H24N4O4S/c1-16-11-12-25-22(13-16)27-24(30)21(14-17-5-3-2-4-6-17)28-33(31,32)19-8-9-20-18(15-19)7-10-23(29)26-20/h2-6,8-9,11-13,15,21,28H,7,10,14H2,1H3,(H,26,29)(H,25,27,30)/t21-/m1/s1. The highest BCUT2D eigenvalue weighted by Gasteiger charge is 2.27. The van der Waals surface area contributed by atoms with Crippen LogP contribution in [-0.2, 0) is 32.5 Å². The minimum atomic E-state index is -4.02. The number of amides is 2. The second kappa shape index (κ2) is 9.51. The molecule has 0 unspecified atom stereocenters. The summed E-state index contributed by atoms with van der Waals surface area (Å²) in [6.07, 6.45) is 2.50. The maximum Gasteiger partial charge on any atom is 0.244 e. The average Bonchev–Trinajstić information content (AvgIpc) is 2.79. The molecule has 2 heterocycles. The number of pyridine rings is 1. The molecule has 1 aromatic heterocycles. The highest BCUT2D eigenvalue weighted by atomic mass is 32.2. The molecule has 0 aliphatic carbocycles. The minimum absolute atomic E-state index is 0.0388. The highest BCUT2D eigenvalue weighted by Crippen LogP contribution is 2.25. The van der Waals surface area contributed by atoms with Crippen LogP contribution in [0.2, 0.25) is 0 Å². The predicted octanol–water partition coefficient (Wildman–Crippen LogP) is 2.80. The SMILES string of the molecule is Cc1ccnc(NC(=O)[C@@H](Cc2ccccc2)NS(=O)(=O)c2ccc3c(c2)CCC(=O)N3)c1. The van der Waals surface area contributed by atoms with Crippen molar-refractivity contribution in [3.8, 4) is 0 Å². The third-order valence-corrected chi connectivity index (χ3v) is 6.82. The summed E-state index contributed by atoms with van der Waals surface area (Å²) < 4.78 is 29.0. The molecule has 0 saturated carbocycles. The van der Waals surface area contributed by atoms with E-state index in [-0.39, 0.29) is 17.2 Å². The first-order valence-corrected chi connectivity index (χ1v) is 12.0. The van der Waals surface area contributed by atoms with Crippen LogP contribution in [0.25, 0.3) is 0 Å². The van der Waals surface area contributed by atoms with Gasteiger partial charge in [-0.25, -0.2) is 13.4 Å². The first-order chi connectivity index (χ1) is 15.8. The third-order valence-electron chi connectivity index (χ3n) is 5.35. The van der Waals surface area contributed by atoms with E-state index < -0.39 is 22.0 Å². The quantitative estimate of drug-likeness (QED) is 0.497. The van der Waals surface area contributed by atoms with Crippen molar-refractivity contribution in [3.05, 3.63) is 83.6 Å². The highest BCUT2D eigenvalue weighted by molar-refractivity contribution is 7.89. The lowest BCUT2D eigenvalue weighted by atomic mass is 10.0. The van der Waals surface area contributed by atoms with E-state index in [1.807, 2.05) is 37.3 Å². The molecule has 1 aliphatic heterocycles. The van der Waals surface area contributed by atoms with E-state index in [1.54, 1.807) is 24.4 Å². The number of anilines is 2. The molecule has 2 aromatic carbocycles. The Morgan fingerprint density at radius 1 is 1.09 bits per heavy atom. The number of carbonyl (C=O) groups excluding carboxylic acids is 2. The number of sulfonamides is 1. The van der Waals surface area contributed by atoms with Gasteiger partial charge in [0.1, 0.15) is 11.9 Å². The van der Waals surface area contributed by atoms with Crippen molar-refractivity contribution in [2.75, 3.05) is 10.6 Å². The number of rotatable bonds is 7. The molecule has 0 saturated heterocycles. The van der Waals surface area contributed by atoms with E-state index in [4.69, 9.17) is 0 Å². The number of nitrogens with one attached hydrogen (secondary N) is 3. The van der Waals surface area contributed by atoms with E-state index in [2.05, 4.69) is 20.3 Å².